The first-order chi connectivity index (χ1) is 6.57. The van der Waals surface area contributed by atoms with Crippen LogP contribution >= 0.6 is 0 Å². The summed E-state index contributed by atoms with van der Waals surface area (Å²) in [7, 11) is 0. The predicted octanol–water partition coefficient (Wildman–Crippen LogP) is -0.116. The summed E-state index contributed by atoms with van der Waals surface area (Å²) < 4.78 is 13.1. The van der Waals surface area contributed by atoms with E-state index in [1.54, 1.807) is 0 Å². The fraction of sp³-hybridized carbons (Fsp3) is 0.333. The number of phenolic OH excluding ortho intramolecular Hbond substituents is 1. The molecule has 0 aromatic heterocycles. The maximum atomic E-state index is 13.1. The molecule has 5 heteroatoms. The zero-order valence-corrected chi connectivity index (χ0v) is 7.39. The van der Waals surface area contributed by atoms with Crippen molar-refractivity contribution in [2.75, 3.05) is 6.54 Å². The number of hydrogen-bond donors (Lipinski definition) is 4. The van der Waals surface area contributed by atoms with E-state index in [4.69, 9.17) is 5.73 Å². The topological polar surface area (TPSA) is 86.7 Å². The number of benzene rings is 1. The van der Waals surface area contributed by atoms with Gasteiger partial charge < -0.3 is 21.1 Å². The largest absolute Gasteiger partial charge is 0.507 e. The van der Waals surface area contributed by atoms with Crippen molar-refractivity contribution in [3.05, 3.63) is 29.6 Å². The lowest BCUT2D eigenvalue weighted by Gasteiger charge is -2.17. The van der Waals surface area contributed by atoms with Gasteiger partial charge in [0.25, 0.3) is 0 Å². The standard InChI is InChI=1S/C9H12FNO3/c10-5-2-1-3-6(12)8(5)9(14)7(13)4-11/h1-3,7,9,12-14H,4,11H2. The third-order valence-electron chi connectivity index (χ3n) is 1.93. The van der Waals surface area contributed by atoms with Gasteiger partial charge in [-0.3, -0.25) is 0 Å². The second kappa shape index (κ2) is 4.36. The summed E-state index contributed by atoms with van der Waals surface area (Å²) in [5.41, 5.74) is 4.77. The van der Waals surface area contributed by atoms with Crippen LogP contribution in [0.4, 0.5) is 4.39 Å². The Morgan fingerprint density at radius 2 is 2.00 bits per heavy atom. The quantitative estimate of drug-likeness (QED) is 0.549. The zero-order chi connectivity index (χ0) is 10.7. The Bertz CT molecular complexity index is 299. The maximum absolute atomic E-state index is 13.1. The van der Waals surface area contributed by atoms with E-state index in [2.05, 4.69) is 0 Å². The normalized spacial score (nSPS) is 15.1. The Hall–Kier alpha value is -1.17. The number of aliphatic hydroxyl groups is 2. The molecule has 0 bridgehead atoms. The van der Waals surface area contributed by atoms with Crippen molar-refractivity contribution in [2.24, 2.45) is 5.73 Å². The molecule has 0 fully saturated rings. The first-order valence-corrected chi connectivity index (χ1v) is 4.11. The van der Waals surface area contributed by atoms with Crippen molar-refractivity contribution in [3.63, 3.8) is 0 Å². The molecule has 0 amide bonds. The van der Waals surface area contributed by atoms with E-state index in [9.17, 15) is 19.7 Å². The minimum absolute atomic E-state index is 0.213. The molecule has 0 heterocycles. The van der Waals surface area contributed by atoms with Crippen LogP contribution in [0.25, 0.3) is 0 Å². The van der Waals surface area contributed by atoms with Crippen LogP contribution < -0.4 is 5.73 Å². The van der Waals surface area contributed by atoms with Crippen LogP contribution in [0.1, 0.15) is 11.7 Å². The third kappa shape index (κ3) is 2.01. The molecule has 0 aliphatic rings. The van der Waals surface area contributed by atoms with Gasteiger partial charge in [0.05, 0.1) is 11.7 Å². The molecule has 0 radical (unpaired) electrons. The minimum atomic E-state index is -1.51. The average molecular weight is 201 g/mol. The van der Waals surface area contributed by atoms with Gasteiger partial charge in [0.2, 0.25) is 0 Å². The molecular formula is C9H12FNO3. The van der Waals surface area contributed by atoms with Crippen LogP contribution in [0.3, 0.4) is 0 Å². The van der Waals surface area contributed by atoms with Gasteiger partial charge in [0.1, 0.15) is 17.7 Å². The van der Waals surface area contributed by atoms with Gasteiger partial charge in [0, 0.05) is 6.54 Å². The Kier molecular flexibility index (Phi) is 3.40. The van der Waals surface area contributed by atoms with Gasteiger partial charge in [-0.1, -0.05) is 6.07 Å². The molecule has 0 saturated carbocycles. The summed E-state index contributed by atoms with van der Waals surface area (Å²) in [5, 5.41) is 27.9. The molecule has 5 N–H and O–H groups in total. The first kappa shape index (κ1) is 10.9. The number of aliphatic hydroxyl groups excluding tert-OH is 2. The number of hydrogen-bond acceptors (Lipinski definition) is 4. The number of rotatable bonds is 3. The molecule has 2 unspecified atom stereocenters. The number of nitrogens with two attached hydrogens (primary N) is 1. The molecule has 2 atom stereocenters. The van der Waals surface area contributed by atoms with Crippen LogP contribution in [-0.4, -0.2) is 28.0 Å². The summed E-state index contributed by atoms with van der Waals surface area (Å²) in [6.45, 7) is -0.213. The Labute approximate surface area is 80.4 Å². The number of halogens is 1. The monoisotopic (exact) mass is 201 g/mol. The molecule has 0 saturated heterocycles. The van der Waals surface area contributed by atoms with E-state index < -0.39 is 23.8 Å². The molecule has 0 spiro atoms. The van der Waals surface area contributed by atoms with Gasteiger partial charge in [-0.25, -0.2) is 4.39 Å². The van der Waals surface area contributed by atoms with Crippen molar-refractivity contribution in [3.8, 4) is 5.75 Å². The molecule has 1 rings (SSSR count). The summed E-state index contributed by atoms with van der Waals surface area (Å²) in [5.74, 6) is -1.17. The lowest BCUT2D eigenvalue weighted by Crippen LogP contribution is -2.27. The van der Waals surface area contributed by atoms with Crippen molar-refractivity contribution in [1.82, 2.24) is 0 Å². The van der Waals surface area contributed by atoms with E-state index >= 15 is 0 Å². The fourth-order valence-corrected chi connectivity index (χ4v) is 1.14. The van der Waals surface area contributed by atoms with Gasteiger partial charge in [-0.15, -0.1) is 0 Å². The lowest BCUT2D eigenvalue weighted by atomic mass is 10.0. The molecule has 0 aliphatic carbocycles. The Morgan fingerprint density at radius 1 is 1.36 bits per heavy atom. The van der Waals surface area contributed by atoms with Crippen LogP contribution in [0.15, 0.2) is 18.2 Å². The van der Waals surface area contributed by atoms with Crippen molar-refractivity contribution in [2.45, 2.75) is 12.2 Å². The maximum Gasteiger partial charge on any atom is 0.132 e. The highest BCUT2D eigenvalue weighted by Gasteiger charge is 2.23. The summed E-state index contributed by atoms with van der Waals surface area (Å²) in [6.07, 6.45) is -2.81. The molecule has 1 aromatic carbocycles. The van der Waals surface area contributed by atoms with E-state index in [-0.39, 0.29) is 12.1 Å². The van der Waals surface area contributed by atoms with Crippen LogP contribution in [0, 0.1) is 5.82 Å². The molecule has 0 aliphatic heterocycles. The summed E-state index contributed by atoms with van der Waals surface area (Å²) in [6, 6.07) is 3.61. The average Bonchev–Trinajstić information content (AvgIpc) is 2.16. The van der Waals surface area contributed by atoms with Crippen LogP contribution in [0.2, 0.25) is 0 Å². The Balaban J connectivity index is 3.05. The van der Waals surface area contributed by atoms with Gasteiger partial charge in [-0.2, -0.15) is 0 Å². The SMILES string of the molecule is NCC(O)C(O)c1c(O)cccc1F. The zero-order valence-electron chi connectivity index (χ0n) is 7.39. The lowest BCUT2D eigenvalue weighted by molar-refractivity contribution is 0.0207. The number of phenols is 1. The smallest absolute Gasteiger partial charge is 0.132 e. The van der Waals surface area contributed by atoms with E-state index in [0.29, 0.717) is 0 Å². The van der Waals surface area contributed by atoms with Gasteiger partial charge in [-0.05, 0) is 12.1 Å². The van der Waals surface area contributed by atoms with E-state index in [1.165, 1.54) is 12.1 Å². The highest BCUT2D eigenvalue weighted by molar-refractivity contribution is 5.35. The Morgan fingerprint density at radius 3 is 2.50 bits per heavy atom. The predicted molar refractivity (Wildman–Crippen MR) is 48.1 cm³/mol. The molecule has 4 nitrogen and oxygen atoms in total. The van der Waals surface area contributed by atoms with Crippen molar-refractivity contribution >= 4 is 0 Å². The first-order valence-electron chi connectivity index (χ1n) is 4.11. The number of aromatic hydroxyl groups is 1. The fourth-order valence-electron chi connectivity index (χ4n) is 1.14. The van der Waals surface area contributed by atoms with Crippen molar-refractivity contribution in [1.29, 1.82) is 0 Å². The van der Waals surface area contributed by atoms with Crippen molar-refractivity contribution < 1.29 is 19.7 Å². The highest BCUT2D eigenvalue weighted by atomic mass is 19.1. The molecule has 1 aromatic rings. The second-order valence-corrected chi connectivity index (χ2v) is 2.92. The summed E-state index contributed by atoms with van der Waals surface area (Å²) in [4.78, 5) is 0. The molecule has 14 heavy (non-hydrogen) atoms. The second-order valence-electron chi connectivity index (χ2n) is 2.92. The highest BCUT2D eigenvalue weighted by Crippen LogP contribution is 2.28. The summed E-state index contributed by atoms with van der Waals surface area (Å²) >= 11 is 0. The molecule has 78 valence electrons. The molecular weight excluding hydrogens is 189 g/mol. The minimum Gasteiger partial charge on any atom is -0.507 e. The van der Waals surface area contributed by atoms with Crippen LogP contribution in [-0.2, 0) is 0 Å². The third-order valence-corrected chi connectivity index (χ3v) is 1.93. The van der Waals surface area contributed by atoms with Crippen LogP contribution in [0.5, 0.6) is 5.75 Å². The van der Waals surface area contributed by atoms with E-state index in [0.717, 1.165) is 6.07 Å². The van der Waals surface area contributed by atoms with Gasteiger partial charge in [0.15, 0.2) is 0 Å². The van der Waals surface area contributed by atoms with Gasteiger partial charge >= 0.3 is 0 Å². The van der Waals surface area contributed by atoms with E-state index in [1.807, 2.05) is 0 Å².